The van der Waals surface area contributed by atoms with Crippen LogP contribution in [0.4, 0.5) is 0 Å². The van der Waals surface area contributed by atoms with Gasteiger partial charge >= 0.3 is 0 Å². The third-order valence-corrected chi connectivity index (χ3v) is 1.72. The number of nitrogens with zero attached hydrogens (tertiary/aromatic N) is 2. The molecule has 0 radical (unpaired) electrons. The molecule has 0 bridgehead atoms. The Balaban J connectivity index is 2.53. The highest BCUT2D eigenvalue weighted by atomic mass is 16.3. The summed E-state index contributed by atoms with van der Waals surface area (Å²) in [7, 11) is 0. The van der Waals surface area contributed by atoms with Crippen molar-refractivity contribution in [2.24, 2.45) is 11.2 Å². The van der Waals surface area contributed by atoms with Gasteiger partial charge in [0.05, 0.1) is 11.8 Å². The van der Waals surface area contributed by atoms with E-state index in [-0.39, 0.29) is 5.91 Å². The molecule has 1 heterocycles. The minimum Gasteiger partial charge on any atom is -0.273 e. The van der Waals surface area contributed by atoms with Crippen molar-refractivity contribution >= 4 is 5.91 Å². The van der Waals surface area contributed by atoms with E-state index < -0.39 is 0 Å². The zero-order chi connectivity index (χ0) is 7.56. The summed E-state index contributed by atoms with van der Waals surface area (Å²) in [4.78, 5) is 20.8. The Kier molecular flexibility index (Phi) is 1.99. The molecule has 0 saturated carbocycles. The number of nitroso groups, excluding NO2 is 1. The fourth-order valence-corrected chi connectivity index (χ4v) is 1.07. The van der Waals surface area contributed by atoms with Crippen molar-refractivity contribution in [2.45, 2.75) is 19.8 Å². The van der Waals surface area contributed by atoms with E-state index in [1.807, 2.05) is 6.92 Å². The molecule has 0 spiro atoms. The fourth-order valence-electron chi connectivity index (χ4n) is 1.07. The lowest BCUT2D eigenvalue weighted by Gasteiger charge is -2.23. The summed E-state index contributed by atoms with van der Waals surface area (Å²) < 4.78 is 0. The van der Waals surface area contributed by atoms with Crippen molar-refractivity contribution in [1.82, 2.24) is 5.01 Å². The lowest BCUT2D eigenvalue weighted by Crippen LogP contribution is -2.34. The van der Waals surface area contributed by atoms with Crippen LogP contribution in [0.1, 0.15) is 19.8 Å². The number of hydrogen-bond acceptors (Lipinski definition) is 3. The minimum atomic E-state index is -0.145. The van der Waals surface area contributed by atoms with Crippen LogP contribution in [-0.4, -0.2) is 17.5 Å². The molecule has 0 aromatic rings. The molecule has 0 aliphatic carbocycles. The van der Waals surface area contributed by atoms with E-state index in [0.29, 0.717) is 18.9 Å². The van der Waals surface area contributed by atoms with Crippen LogP contribution in [0, 0.1) is 10.8 Å². The van der Waals surface area contributed by atoms with Crippen LogP contribution < -0.4 is 0 Å². The van der Waals surface area contributed by atoms with Crippen molar-refractivity contribution in [3.8, 4) is 0 Å². The van der Waals surface area contributed by atoms with E-state index in [4.69, 9.17) is 0 Å². The molecule has 1 rings (SSSR count). The highest BCUT2D eigenvalue weighted by Gasteiger charge is 2.23. The summed E-state index contributed by atoms with van der Waals surface area (Å²) in [5.41, 5.74) is 0. The van der Waals surface area contributed by atoms with Gasteiger partial charge in [-0.1, -0.05) is 6.92 Å². The number of piperidine rings is 1. The first-order chi connectivity index (χ1) is 4.74. The normalized spacial score (nSPS) is 26.7. The van der Waals surface area contributed by atoms with E-state index in [1.54, 1.807) is 0 Å². The van der Waals surface area contributed by atoms with Crippen LogP contribution in [-0.2, 0) is 4.79 Å². The van der Waals surface area contributed by atoms with Crippen molar-refractivity contribution < 1.29 is 4.79 Å². The molecule has 1 atom stereocenters. The maximum atomic E-state index is 10.8. The maximum Gasteiger partial charge on any atom is 0.245 e. The number of rotatable bonds is 1. The zero-order valence-corrected chi connectivity index (χ0v) is 5.91. The number of hydrogen-bond donors (Lipinski definition) is 0. The number of amides is 1. The smallest absolute Gasteiger partial charge is 0.245 e. The van der Waals surface area contributed by atoms with Gasteiger partial charge in [0, 0.05) is 6.42 Å². The van der Waals surface area contributed by atoms with Gasteiger partial charge in [0.2, 0.25) is 5.91 Å². The van der Waals surface area contributed by atoms with Crippen molar-refractivity contribution in [1.29, 1.82) is 0 Å². The Hall–Kier alpha value is -0.930. The number of carbonyl (C=O) groups excluding carboxylic acids is 1. The largest absolute Gasteiger partial charge is 0.273 e. The quantitative estimate of drug-likeness (QED) is 0.511. The van der Waals surface area contributed by atoms with Crippen molar-refractivity contribution in [2.75, 3.05) is 6.54 Å². The summed E-state index contributed by atoms with van der Waals surface area (Å²) in [6.45, 7) is 2.49. The van der Waals surface area contributed by atoms with Gasteiger partial charge in [0.15, 0.2) is 0 Å². The van der Waals surface area contributed by atoms with Gasteiger partial charge in [-0.25, -0.2) is 0 Å². The molecule has 4 nitrogen and oxygen atoms in total. The molecule has 0 aromatic heterocycles. The molecule has 0 aromatic carbocycles. The van der Waals surface area contributed by atoms with E-state index in [1.165, 1.54) is 0 Å². The Morgan fingerprint density at radius 3 is 2.90 bits per heavy atom. The average Bonchev–Trinajstić information content (AvgIpc) is 1.94. The van der Waals surface area contributed by atoms with E-state index >= 15 is 0 Å². The van der Waals surface area contributed by atoms with Gasteiger partial charge in [0.1, 0.15) is 0 Å². The molecule has 1 unspecified atom stereocenters. The maximum absolute atomic E-state index is 10.8. The molecule has 1 aliphatic heterocycles. The highest BCUT2D eigenvalue weighted by Crippen LogP contribution is 2.16. The second kappa shape index (κ2) is 2.77. The van der Waals surface area contributed by atoms with Gasteiger partial charge in [-0.05, 0) is 12.3 Å². The Morgan fingerprint density at radius 2 is 2.40 bits per heavy atom. The third-order valence-electron chi connectivity index (χ3n) is 1.72. The van der Waals surface area contributed by atoms with Crippen molar-refractivity contribution in [3.63, 3.8) is 0 Å². The summed E-state index contributed by atoms with van der Waals surface area (Å²) in [6.07, 6.45) is 1.34. The van der Waals surface area contributed by atoms with Crippen LogP contribution >= 0.6 is 0 Å². The summed E-state index contributed by atoms with van der Waals surface area (Å²) in [6, 6.07) is 0. The Labute approximate surface area is 59.1 Å². The van der Waals surface area contributed by atoms with Gasteiger partial charge in [-0.2, -0.15) is 5.01 Å². The predicted octanol–water partition coefficient (Wildman–Crippen LogP) is 0.926. The van der Waals surface area contributed by atoms with Crippen LogP contribution in [0.5, 0.6) is 0 Å². The van der Waals surface area contributed by atoms with E-state index in [9.17, 15) is 9.70 Å². The monoisotopic (exact) mass is 142 g/mol. The first kappa shape index (κ1) is 7.18. The van der Waals surface area contributed by atoms with E-state index in [0.717, 1.165) is 11.4 Å². The zero-order valence-electron chi connectivity index (χ0n) is 5.91. The summed E-state index contributed by atoms with van der Waals surface area (Å²) in [5, 5.41) is 3.62. The Morgan fingerprint density at radius 1 is 1.70 bits per heavy atom. The second-order valence-corrected chi connectivity index (χ2v) is 2.70. The summed E-state index contributed by atoms with van der Waals surface area (Å²) in [5.74, 6) is 0.267. The third kappa shape index (κ3) is 1.32. The molecule has 1 amide bonds. The molecule has 56 valence electrons. The minimum absolute atomic E-state index is 0.145. The Bertz CT molecular complexity index is 158. The second-order valence-electron chi connectivity index (χ2n) is 2.70. The highest BCUT2D eigenvalue weighted by molar-refractivity contribution is 5.76. The molecule has 4 heteroatoms. The van der Waals surface area contributed by atoms with Crippen LogP contribution in [0.15, 0.2) is 5.29 Å². The molecular weight excluding hydrogens is 132 g/mol. The van der Waals surface area contributed by atoms with Gasteiger partial charge in [-0.3, -0.25) is 4.79 Å². The molecule has 10 heavy (non-hydrogen) atoms. The molecule has 1 fully saturated rings. The molecule has 1 aliphatic rings. The van der Waals surface area contributed by atoms with Crippen LogP contribution in [0.25, 0.3) is 0 Å². The topological polar surface area (TPSA) is 49.7 Å². The van der Waals surface area contributed by atoms with Gasteiger partial charge in [0.25, 0.3) is 0 Å². The molecule has 0 N–H and O–H groups in total. The standard InChI is InChI=1S/C6H10N2O2/c1-5-2-3-6(9)8(4-5)7-10/h5H,2-4H2,1H3. The number of carbonyl (C=O) groups is 1. The first-order valence-corrected chi connectivity index (χ1v) is 3.37. The SMILES string of the molecule is CC1CCC(=O)N(N=O)C1. The van der Waals surface area contributed by atoms with Gasteiger partial charge in [-0.15, -0.1) is 4.91 Å². The van der Waals surface area contributed by atoms with E-state index in [2.05, 4.69) is 5.29 Å². The average molecular weight is 142 g/mol. The van der Waals surface area contributed by atoms with Crippen molar-refractivity contribution in [3.05, 3.63) is 4.91 Å². The molecular formula is C6H10N2O2. The van der Waals surface area contributed by atoms with Gasteiger partial charge < -0.3 is 0 Å². The lowest BCUT2D eigenvalue weighted by atomic mass is 10.0. The first-order valence-electron chi connectivity index (χ1n) is 3.37. The predicted molar refractivity (Wildman–Crippen MR) is 35.9 cm³/mol. The lowest BCUT2D eigenvalue weighted by molar-refractivity contribution is -0.134. The molecule has 1 saturated heterocycles. The summed E-state index contributed by atoms with van der Waals surface area (Å²) >= 11 is 0. The fraction of sp³-hybridized carbons (Fsp3) is 0.833. The van der Waals surface area contributed by atoms with Crippen LogP contribution in [0.3, 0.4) is 0 Å². The van der Waals surface area contributed by atoms with Crippen LogP contribution in [0.2, 0.25) is 0 Å².